The van der Waals surface area contributed by atoms with Gasteiger partial charge < -0.3 is 69.9 Å². The number of amides is 4. The average Bonchev–Trinajstić information content (AvgIpc) is 0.800. The lowest BCUT2D eigenvalue weighted by molar-refractivity contribution is 0.0591. The minimum absolute atomic E-state index is 0.147. The fourth-order valence-electron chi connectivity index (χ4n) is 14.4. The van der Waals surface area contributed by atoms with Gasteiger partial charge in [0, 0.05) is 81.8 Å². The van der Waals surface area contributed by atoms with Gasteiger partial charge in [-0.1, -0.05) is 80.9 Å². The molecule has 0 spiro atoms. The number of hydrogen-bond donors (Lipinski definition) is 7. The molecule has 3 aliphatic rings. The second-order valence-corrected chi connectivity index (χ2v) is 37.6. The first-order valence-corrected chi connectivity index (χ1v) is 43.4. The van der Waals surface area contributed by atoms with E-state index in [-0.39, 0.29) is 70.1 Å². The summed E-state index contributed by atoms with van der Waals surface area (Å²) in [5.41, 5.74) is 13.8. The summed E-state index contributed by atoms with van der Waals surface area (Å²) in [6.45, 7) is 39.2. The van der Waals surface area contributed by atoms with Crippen LogP contribution in [0.25, 0.3) is 0 Å². The number of nitrogens with zero attached hydrogens (tertiary/aromatic N) is 7. The molecule has 0 radical (unpaired) electrons. The number of carbonyl (C=O) groups excluding carboxylic acids is 7. The fraction of sp³-hybridized carbons (Fsp3) is 0.429. The molecule has 8 aromatic rings. The number of carbonyl (C=O) groups is 8. The van der Waals surface area contributed by atoms with Gasteiger partial charge in [0.25, 0.3) is 23.6 Å². The Balaban J connectivity index is 0.000000200. The van der Waals surface area contributed by atoms with Gasteiger partial charge in [0.2, 0.25) is 0 Å². The van der Waals surface area contributed by atoms with E-state index in [2.05, 4.69) is 84.8 Å². The molecule has 7 heterocycles. The standard InChI is InChI=1S/C29H43N3O4Si.C23H29N3O4.C22H27N3O4.C17H17ClN2O3/c1-19-12-14-23(28(34)35-7)21(3)25(19)31-27(33)26-20(2)13-15-24(30-26)32-16-10-11-22(17-32)18-36-37(8,9)29(4,5)6;1-14-7-9-18(23(29)30-4)16(3)20(14)25-22(28)21-15(2)8-10-19(24-21)26-11-5-6-17(12-26)13-27;1-13-6-8-17(22(28)29)15(3)19(13)24-21(27)20-14(2)7-9-18(23-20)25-10-4-5-16(11-25)12-26;1-9-5-7-12(17(22)23-4)11(3)14(9)20-16(21)15-10(2)6-8-13(18)19-15/h12-15,22H,10-11,16-18H2,1-9H3,(H,31,33);7-10,17,27H,5-6,11-13H2,1-4H3,(H,25,28);6-9,16,26H,4-5,10-12H2,1-3H3,(H,24,27)(H,28,29);5-8H,1-4H3,(H,20,21). The molecule has 0 bridgehead atoms. The third-order valence-corrected chi connectivity index (χ3v) is 27.5. The number of aliphatic hydroxyl groups is 2. The summed E-state index contributed by atoms with van der Waals surface area (Å²) in [6, 6.07) is 28.6. The number of nitrogens with one attached hydrogen (secondary N) is 4. The molecule has 7 N–H and O–H groups in total. The summed E-state index contributed by atoms with van der Waals surface area (Å²) in [4.78, 5) is 124. The Morgan fingerprint density at radius 3 is 0.975 bits per heavy atom. The first kappa shape index (κ1) is 93.5. The lowest BCUT2D eigenvalue weighted by Gasteiger charge is -2.39. The fourth-order valence-corrected chi connectivity index (χ4v) is 15.6. The maximum absolute atomic E-state index is 13.4. The zero-order valence-electron chi connectivity index (χ0n) is 72.3. The van der Waals surface area contributed by atoms with Crippen LogP contribution in [0.4, 0.5) is 40.2 Å². The lowest BCUT2D eigenvalue weighted by atomic mass is 9.99. The number of aromatic nitrogens is 4. The topological polar surface area (TPSA) is 344 Å². The normalized spacial score (nSPS) is 15.3. The number of rotatable bonds is 20. The van der Waals surface area contributed by atoms with E-state index in [9.17, 15) is 53.7 Å². The summed E-state index contributed by atoms with van der Waals surface area (Å²) >= 11 is 5.86. The number of carboxylic acid groups (broad SMARTS) is 1. The summed E-state index contributed by atoms with van der Waals surface area (Å²) in [5.74, 6) is -0.560. The zero-order chi connectivity index (χ0) is 87.7. The monoisotopic (exact) mass is 1670 g/mol. The number of aromatic carboxylic acids is 1. The average molecular weight is 1670 g/mol. The minimum atomic E-state index is -1.80. The van der Waals surface area contributed by atoms with Crippen LogP contribution in [0.3, 0.4) is 0 Å². The van der Waals surface area contributed by atoms with Crippen molar-refractivity contribution in [3.05, 3.63) is 214 Å². The highest BCUT2D eigenvalue weighted by Gasteiger charge is 2.38. The number of hydrogen-bond acceptors (Lipinski definition) is 21. The van der Waals surface area contributed by atoms with Crippen molar-refractivity contribution >= 4 is 108 Å². The molecular formula is C91H116ClN11O15Si. The Kier molecular flexibility index (Phi) is 32.7. The van der Waals surface area contributed by atoms with Crippen LogP contribution in [0.15, 0.2) is 97.1 Å². The van der Waals surface area contributed by atoms with Gasteiger partial charge in [-0.25, -0.2) is 39.1 Å². The Morgan fingerprint density at radius 2 is 0.681 bits per heavy atom. The van der Waals surface area contributed by atoms with Gasteiger partial charge in [-0.3, -0.25) is 19.2 Å². The van der Waals surface area contributed by atoms with Crippen LogP contribution in [-0.4, -0.2) is 171 Å². The second-order valence-electron chi connectivity index (χ2n) is 32.4. The van der Waals surface area contributed by atoms with Crippen LogP contribution in [0.2, 0.25) is 23.3 Å². The van der Waals surface area contributed by atoms with Gasteiger partial charge in [-0.05, 0) is 273 Å². The van der Waals surface area contributed by atoms with Crippen LogP contribution in [0.1, 0.15) is 209 Å². The van der Waals surface area contributed by atoms with E-state index in [1.165, 1.54) is 21.3 Å². The minimum Gasteiger partial charge on any atom is -0.478 e. The number of carboxylic acids is 1. The number of aliphatic hydroxyl groups excluding tert-OH is 2. The van der Waals surface area contributed by atoms with Gasteiger partial charge >= 0.3 is 23.9 Å². The van der Waals surface area contributed by atoms with Gasteiger partial charge in [0.15, 0.2) is 8.32 Å². The number of piperidine rings is 3. The Morgan fingerprint density at radius 1 is 0.412 bits per heavy atom. The van der Waals surface area contributed by atoms with Crippen molar-refractivity contribution in [2.45, 2.75) is 161 Å². The summed E-state index contributed by atoms with van der Waals surface area (Å²) < 4.78 is 21.0. The quantitative estimate of drug-likeness (QED) is 0.0161. The lowest BCUT2D eigenvalue weighted by Crippen LogP contribution is -2.44. The van der Waals surface area contributed by atoms with Crippen molar-refractivity contribution in [1.29, 1.82) is 0 Å². The van der Waals surface area contributed by atoms with Crippen LogP contribution in [0, 0.1) is 101 Å². The van der Waals surface area contributed by atoms with E-state index in [0.29, 0.717) is 103 Å². The SMILES string of the molecule is COC(=O)c1ccc(C)c(NC(=O)c2nc(Cl)ccc2C)c1C.COC(=O)c1ccc(C)c(NC(=O)c2nc(N3CCCC(CO)C3)ccc2C)c1C.COC(=O)c1ccc(C)c(NC(=O)c2nc(N3CCCC(CO[Si](C)(C)C(C)(C)C)C3)ccc2C)c1C.Cc1ccc(N2CCCC(CO)C2)nc1C(=O)Nc1c(C)ccc(C(=O)O)c1C. The summed E-state index contributed by atoms with van der Waals surface area (Å²) in [6.07, 6.45) is 6.16. The molecule has 28 heteroatoms. The molecule has 3 fully saturated rings. The molecule has 0 aliphatic carbocycles. The Hall–Kier alpha value is -11.0. The molecular weight excluding hydrogens is 1550 g/mol. The molecule has 4 aromatic heterocycles. The Bertz CT molecular complexity index is 5090. The highest BCUT2D eigenvalue weighted by Crippen LogP contribution is 2.38. The smallest absolute Gasteiger partial charge is 0.338 e. The number of benzene rings is 4. The molecule has 26 nitrogen and oxygen atoms in total. The van der Waals surface area contributed by atoms with E-state index in [0.717, 1.165) is 128 Å². The molecule has 119 heavy (non-hydrogen) atoms. The van der Waals surface area contributed by atoms with Gasteiger partial charge in [0.1, 0.15) is 45.4 Å². The van der Waals surface area contributed by atoms with Crippen LogP contribution in [0.5, 0.6) is 0 Å². The van der Waals surface area contributed by atoms with Crippen molar-refractivity contribution in [2.24, 2.45) is 17.8 Å². The first-order chi connectivity index (χ1) is 56.3. The number of esters is 3. The van der Waals surface area contributed by atoms with E-state index >= 15 is 0 Å². The molecule has 3 unspecified atom stereocenters. The van der Waals surface area contributed by atoms with Crippen LogP contribution in [-0.2, 0) is 18.6 Å². The van der Waals surface area contributed by atoms with Crippen molar-refractivity contribution in [3.63, 3.8) is 0 Å². The predicted molar refractivity (Wildman–Crippen MR) is 469 cm³/mol. The number of aryl methyl sites for hydroxylation is 8. The first-order valence-electron chi connectivity index (χ1n) is 40.1. The molecule has 11 rings (SSSR count). The van der Waals surface area contributed by atoms with Crippen LogP contribution >= 0.6 is 11.6 Å². The second kappa shape index (κ2) is 41.6. The number of halogens is 1. The molecule has 3 aliphatic heterocycles. The van der Waals surface area contributed by atoms with Crippen molar-refractivity contribution in [3.8, 4) is 0 Å². The third kappa shape index (κ3) is 23.5. The number of methoxy groups -OCH3 is 3. The largest absolute Gasteiger partial charge is 0.478 e. The van der Waals surface area contributed by atoms with Crippen LogP contribution < -0.4 is 36.0 Å². The van der Waals surface area contributed by atoms with Crippen molar-refractivity contribution in [2.75, 3.05) is 116 Å². The van der Waals surface area contributed by atoms with E-state index < -0.39 is 32.2 Å². The van der Waals surface area contributed by atoms with Gasteiger partial charge in [0.05, 0.1) is 43.6 Å². The van der Waals surface area contributed by atoms with E-state index in [1.54, 1.807) is 82.3 Å². The van der Waals surface area contributed by atoms with Gasteiger partial charge in [-0.15, -0.1) is 0 Å². The highest BCUT2D eigenvalue weighted by molar-refractivity contribution is 6.74. The Labute approximate surface area is 704 Å². The molecule has 3 atom stereocenters. The maximum Gasteiger partial charge on any atom is 0.338 e. The molecule has 0 saturated carbocycles. The number of anilines is 7. The molecule has 4 aromatic carbocycles. The predicted octanol–water partition coefficient (Wildman–Crippen LogP) is 16.4. The molecule has 636 valence electrons. The van der Waals surface area contributed by atoms with Crippen molar-refractivity contribution in [1.82, 2.24) is 19.9 Å². The number of pyridine rings is 4. The maximum atomic E-state index is 13.4. The van der Waals surface area contributed by atoms with E-state index in [1.807, 2.05) is 97.9 Å². The molecule has 4 amide bonds. The zero-order valence-corrected chi connectivity index (χ0v) is 74.1. The van der Waals surface area contributed by atoms with Gasteiger partial charge in [-0.2, -0.15) is 0 Å². The van der Waals surface area contributed by atoms with E-state index in [4.69, 9.17) is 35.2 Å². The summed E-state index contributed by atoms with van der Waals surface area (Å²) in [5, 5.41) is 40.4. The summed E-state index contributed by atoms with van der Waals surface area (Å²) in [7, 11) is 2.21. The van der Waals surface area contributed by atoms with Crippen molar-refractivity contribution < 1.29 is 72.3 Å². The number of ether oxygens (including phenoxy) is 3. The molecule has 3 saturated heterocycles. The third-order valence-electron chi connectivity index (χ3n) is 22.8. The highest BCUT2D eigenvalue weighted by atomic mass is 35.5.